The first-order valence-electron chi connectivity index (χ1n) is 7.64. The van der Waals surface area contributed by atoms with Crippen LogP contribution in [0, 0.1) is 0 Å². The van der Waals surface area contributed by atoms with Crippen LogP contribution in [0.5, 0.6) is 5.75 Å². The molecule has 3 rings (SSSR count). The molecule has 1 aliphatic heterocycles. The van der Waals surface area contributed by atoms with Crippen molar-refractivity contribution in [3.8, 4) is 16.9 Å². The summed E-state index contributed by atoms with van der Waals surface area (Å²) in [7, 11) is 3.35. The number of hydrogen-bond acceptors (Lipinski definition) is 5. The van der Waals surface area contributed by atoms with Crippen molar-refractivity contribution in [1.82, 2.24) is 9.88 Å². The molecule has 2 N–H and O–H groups in total. The van der Waals surface area contributed by atoms with E-state index < -0.39 is 5.54 Å². The van der Waals surface area contributed by atoms with Crippen molar-refractivity contribution in [2.75, 3.05) is 20.7 Å². The highest BCUT2D eigenvalue weighted by atomic mass is 16.5. The zero-order valence-corrected chi connectivity index (χ0v) is 14.0. The molecule has 1 aromatic heterocycles. The molecule has 6 nitrogen and oxygen atoms in total. The maximum absolute atomic E-state index is 11.9. The summed E-state index contributed by atoms with van der Waals surface area (Å²) in [5.74, 6) is 0.509. The first-order chi connectivity index (χ1) is 11.4. The summed E-state index contributed by atoms with van der Waals surface area (Å²) >= 11 is 0. The molecule has 2 heterocycles. The normalized spacial score (nSPS) is 20.7. The Bertz CT molecular complexity index is 818. The Balaban J connectivity index is 2.03. The molecule has 0 spiro atoms. The van der Waals surface area contributed by atoms with E-state index in [0.29, 0.717) is 12.3 Å². The zero-order valence-electron chi connectivity index (χ0n) is 14.0. The number of nitrogens with zero attached hydrogens (tertiary/aromatic N) is 3. The van der Waals surface area contributed by atoms with Crippen molar-refractivity contribution in [2.24, 2.45) is 10.7 Å². The van der Waals surface area contributed by atoms with Gasteiger partial charge in [0.2, 0.25) is 0 Å². The number of nitrogens with two attached hydrogens (primary N) is 1. The fourth-order valence-corrected chi connectivity index (χ4v) is 2.96. The van der Waals surface area contributed by atoms with E-state index in [2.05, 4.69) is 16.0 Å². The Morgan fingerprint density at radius 1 is 1.25 bits per heavy atom. The van der Waals surface area contributed by atoms with Crippen molar-refractivity contribution in [1.29, 1.82) is 0 Å². The highest BCUT2D eigenvalue weighted by molar-refractivity contribution is 6.37. The van der Waals surface area contributed by atoms with Crippen LogP contribution < -0.4 is 10.5 Å². The van der Waals surface area contributed by atoms with Crippen molar-refractivity contribution in [3.63, 3.8) is 0 Å². The van der Waals surface area contributed by atoms with E-state index in [1.807, 2.05) is 31.2 Å². The molecule has 0 radical (unpaired) electrons. The molecule has 0 fully saturated rings. The Kier molecular flexibility index (Phi) is 3.97. The second-order valence-corrected chi connectivity index (χ2v) is 6.13. The number of methoxy groups -OCH3 is 1. The molecule has 1 atom stereocenters. The summed E-state index contributed by atoms with van der Waals surface area (Å²) < 4.78 is 5.24. The number of aromatic nitrogens is 1. The second kappa shape index (κ2) is 5.96. The van der Waals surface area contributed by atoms with Crippen LogP contribution in [-0.4, -0.2) is 42.3 Å². The van der Waals surface area contributed by atoms with Crippen molar-refractivity contribution < 1.29 is 9.53 Å². The lowest BCUT2D eigenvalue weighted by molar-refractivity contribution is -0.124. The lowest BCUT2D eigenvalue weighted by Gasteiger charge is -2.35. The SMILES string of the molecule is COc1cncc(-c2cccc(C3(C)CN(C)C(=O)C(N)=N3)c2)c1. The quantitative estimate of drug-likeness (QED) is 0.933. The Labute approximate surface area is 141 Å². The summed E-state index contributed by atoms with van der Waals surface area (Å²) in [6, 6.07) is 9.96. The zero-order chi connectivity index (χ0) is 17.3. The second-order valence-electron chi connectivity index (χ2n) is 6.13. The number of ether oxygens (including phenoxy) is 1. The maximum Gasteiger partial charge on any atom is 0.288 e. The molecule has 0 saturated carbocycles. The molecule has 24 heavy (non-hydrogen) atoms. The number of amidine groups is 1. The van der Waals surface area contributed by atoms with E-state index in [9.17, 15) is 4.79 Å². The topological polar surface area (TPSA) is 80.8 Å². The molecule has 2 aromatic rings. The van der Waals surface area contributed by atoms with Crippen molar-refractivity contribution in [2.45, 2.75) is 12.5 Å². The molecule has 1 aromatic carbocycles. The van der Waals surface area contributed by atoms with Crippen molar-refractivity contribution >= 4 is 11.7 Å². The van der Waals surface area contributed by atoms with Gasteiger partial charge in [0, 0.05) is 25.4 Å². The van der Waals surface area contributed by atoms with Gasteiger partial charge in [-0.05, 0) is 30.2 Å². The molecule has 1 aliphatic rings. The number of carbonyl (C=O) groups excluding carboxylic acids is 1. The van der Waals surface area contributed by atoms with Crippen LogP contribution >= 0.6 is 0 Å². The first-order valence-corrected chi connectivity index (χ1v) is 7.64. The number of carbonyl (C=O) groups is 1. The molecule has 124 valence electrons. The average molecular weight is 324 g/mol. The van der Waals surface area contributed by atoms with Gasteiger partial charge in [0.05, 0.1) is 13.3 Å². The summed E-state index contributed by atoms with van der Waals surface area (Å²) in [4.78, 5) is 22.1. The highest BCUT2D eigenvalue weighted by Gasteiger charge is 2.35. The van der Waals surface area contributed by atoms with E-state index in [0.717, 1.165) is 16.7 Å². The predicted octanol–water partition coefficient (Wildman–Crippen LogP) is 1.80. The molecule has 0 saturated heterocycles. The Morgan fingerprint density at radius 2 is 2.04 bits per heavy atom. The van der Waals surface area contributed by atoms with Crippen molar-refractivity contribution in [3.05, 3.63) is 48.3 Å². The van der Waals surface area contributed by atoms with Gasteiger partial charge in [-0.15, -0.1) is 0 Å². The fourth-order valence-electron chi connectivity index (χ4n) is 2.96. The number of benzene rings is 1. The highest BCUT2D eigenvalue weighted by Crippen LogP contribution is 2.32. The van der Waals surface area contributed by atoms with Gasteiger partial charge >= 0.3 is 0 Å². The number of likely N-dealkylation sites (N-methyl/N-ethyl adjacent to an activating group) is 1. The van der Waals surface area contributed by atoms with Crippen LogP contribution in [0.2, 0.25) is 0 Å². The predicted molar refractivity (Wildman–Crippen MR) is 92.8 cm³/mol. The lowest BCUT2D eigenvalue weighted by Crippen LogP contribution is -2.50. The van der Waals surface area contributed by atoms with E-state index in [-0.39, 0.29) is 11.7 Å². The molecule has 0 aliphatic carbocycles. The third-order valence-corrected chi connectivity index (χ3v) is 4.24. The number of amides is 1. The smallest absolute Gasteiger partial charge is 0.288 e. The summed E-state index contributed by atoms with van der Waals surface area (Å²) in [6.45, 7) is 2.46. The van der Waals surface area contributed by atoms with Crippen LogP contribution in [0.25, 0.3) is 11.1 Å². The average Bonchev–Trinajstić information content (AvgIpc) is 2.60. The van der Waals surface area contributed by atoms with Crippen LogP contribution in [0.1, 0.15) is 12.5 Å². The number of rotatable bonds is 3. The van der Waals surface area contributed by atoms with Gasteiger partial charge < -0.3 is 15.4 Å². The van der Waals surface area contributed by atoms with E-state index >= 15 is 0 Å². The number of hydrogen-bond donors (Lipinski definition) is 1. The van der Waals surface area contributed by atoms with E-state index in [1.165, 1.54) is 0 Å². The van der Waals surface area contributed by atoms with Crippen LogP contribution in [0.3, 0.4) is 0 Å². The Morgan fingerprint density at radius 3 is 2.75 bits per heavy atom. The van der Waals surface area contributed by atoms with Gasteiger partial charge in [0.1, 0.15) is 11.3 Å². The van der Waals surface area contributed by atoms with Gasteiger partial charge in [0.25, 0.3) is 5.91 Å². The summed E-state index contributed by atoms with van der Waals surface area (Å²) in [5.41, 5.74) is 8.18. The third kappa shape index (κ3) is 2.82. The number of pyridine rings is 1. The largest absolute Gasteiger partial charge is 0.495 e. The first kappa shape index (κ1) is 16.0. The molecule has 6 heteroatoms. The van der Waals surface area contributed by atoms with E-state index in [1.54, 1.807) is 31.5 Å². The van der Waals surface area contributed by atoms with Gasteiger partial charge in [-0.2, -0.15) is 0 Å². The standard InChI is InChI=1S/C18H20N4O2/c1-18(11-22(2)17(23)16(19)21-18)14-6-4-5-12(7-14)13-8-15(24-3)10-20-9-13/h4-10H,11H2,1-3H3,(H2,19,21). The molecular formula is C18H20N4O2. The molecular weight excluding hydrogens is 304 g/mol. The minimum Gasteiger partial charge on any atom is -0.495 e. The van der Waals surface area contributed by atoms with Gasteiger partial charge in [-0.25, -0.2) is 0 Å². The minimum atomic E-state index is -0.574. The molecule has 1 unspecified atom stereocenters. The van der Waals surface area contributed by atoms with Crippen LogP contribution in [0.15, 0.2) is 47.7 Å². The molecule has 1 amide bonds. The van der Waals surface area contributed by atoms with Gasteiger partial charge in [-0.1, -0.05) is 18.2 Å². The molecule has 0 bridgehead atoms. The van der Waals surface area contributed by atoms with Gasteiger partial charge in [-0.3, -0.25) is 14.8 Å². The van der Waals surface area contributed by atoms with E-state index in [4.69, 9.17) is 10.5 Å². The maximum atomic E-state index is 11.9. The lowest BCUT2D eigenvalue weighted by atomic mass is 9.88. The fraction of sp³-hybridized carbons (Fsp3) is 0.278. The van der Waals surface area contributed by atoms with Crippen LogP contribution in [0.4, 0.5) is 0 Å². The van der Waals surface area contributed by atoms with Gasteiger partial charge in [0.15, 0.2) is 5.84 Å². The summed E-state index contributed by atoms with van der Waals surface area (Å²) in [6.07, 6.45) is 3.46. The van der Waals surface area contributed by atoms with Crippen LogP contribution in [-0.2, 0) is 10.3 Å². The monoisotopic (exact) mass is 324 g/mol. The Hall–Kier alpha value is -2.89. The minimum absolute atomic E-state index is 0.0414. The summed E-state index contributed by atoms with van der Waals surface area (Å²) in [5, 5.41) is 0. The number of aliphatic imine (C=N–C) groups is 1. The third-order valence-electron chi connectivity index (χ3n) is 4.24.